The molecule has 0 unspecified atom stereocenters. The van der Waals surface area contributed by atoms with Crippen LogP contribution < -0.4 is 10.6 Å². The lowest BCUT2D eigenvalue weighted by Crippen LogP contribution is -2.23. The monoisotopic (exact) mass is 342 g/mol. The Kier molecular flexibility index (Phi) is 6.25. The smallest absolute Gasteiger partial charge is 0.340 e. The molecule has 0 heterocycles. The highest BCUT2D eigenvalue weighted by molar-refractivity contribution is 5.94. The molecule has 7 nitrogen and oxygen atoms in total. The number of nitrogens with one attached hydrogen (secondary N) is 2. The summed E-state index contributed by atoms with van der Waals surface area (Å²) in [6, 6.07) is 14.8. The van der Waals surface area contributed by atoms with Crippen molar-refractivity contribution < 1.29 is 24.2 Å². The van der Waals surface area contributed by atoms with Gasteiger partial charge in [-0.2, -0.15) is 0 Å². The van der Waals surface area contributed by atoms with E-state index in [1.165, 1.54) is 6.92 Å². The maximum atomic E-state index is 11.8. The minimum Gasteiger partial charge on any atom is -0.453 e. The largest absolute Gasteiger partial charge is 0.453 e. The molecule has 3 N–H and O–H groups in total. The average Bonchev–Trinajstić information content (AvgIpc) is 2.61. The molecular weight excluding hydrogens is 324 g/mol. The van der Waals surface area contributed by atoms with Crippen molar-refractivity contribution in [1.82, 2.24) is 0 Å². The summed E-state index contributed by atoms with van der Waals surface area (Å²) in [6.07, 6.45) is -1.44. The molecule has 0 radical (unpaired) electrons. The van der Waals surface area contributed by atoms with Crippen LogP contribution in [0.2, 0.25) is 0 Å². The molecule has 25 heavy (non-hydrogen) atoms. The number of amides is 2. The summed E-state index contributed by atoms with van der Waals surface area (Å²) in [5.74, 6) is -1.64. The van der Waals surface area contributed by atoms with E-state index in [-0.39, 0.29) is 5.91 Å². The van der Waals surface area contributed by atoms with E-state index in [0.717, 1.165) is 0 Å². The van der Waals surface area contributed by atoms with Crippen LogP contribution in [0.15, 0.2) is 54.6 Å². The van der Waals surface area contributed by atoms with Gasteiger partial charge >= 0.3 is 5.97 Å². The second kappa shape index (κ2) is 8.60. The van der Waals surface area contributed by atoms with E-state index in [4.69, 9.17) is 4.74 Å². The number of carbonyl (C=O) groups is 3. The first-order valence-corrected chi connectivity index (χ1v) is 7.53. The van der Waals surface area contributed by atoms with Crippen LogP contribution >= 0.6 is 0 Å². The van der Waals surface area contributed by atoms with Crippen molar-refractivity contribution in [2.45, 2.75) is 13.0 Å². The Hall–Kier alpha value is -3.19. The molecule has 0 bridgehead atoms. The summed E-state index contributed by atoms with van der Waals surface area (Å²) in [5, 5.41) is 15.0. The van der Waals surface area contributed by atoms with Gasteiger partial charge in [0, 0.05) is 18.3 Å². The van der Waals surface area contributed by atoms with Crippen LogP contribution in [0, 0.1) is 0 Å². The second-order valence-corrected chi connectivity index (χ2v) is 5.23. The fourth-order valence-electron chi connectivity index (χ4n) is 2.02. The minimum absolute atomic E-state index is 0.194. The van der Waals surface area contributed by atoms with Crippen molar-refractivity contribution >= 4 is 29.2 Å². The van der Waals surface area contributed by atoms with Gasteiger partial charge in [0.2, 0.25) is 5.91 Å². The van der Waals surface area contributed by atoms with Crippen LogP contribution in [0.3, 0.4) is 0 Å². The highest BCUT2D eigenvalue weighted by Gasteiger charge is 2.19. The average molecular weight is 342 g/mol. The zero-order chi connectivity index (χ0) is 18.2. The van der Waals surface area contributed by atoms with Gasteiger partial charge in [-0.3, -0.25) is 9.59 Å². The first-order valence-electron chi connectivity index (χ1n) is 7.53. The van der Waals surface area contributed by atoms with E-state index in [0.29, 0.717) is 16.9 Å². The van der Waals surface area contributed by atoms with E-state index in [1.54, 1.807) is 54.6 Å². The predicted molar refractivity (Wildman–Crippen MR) is 91.7 cm³/mol. The standard InChI is InChI=1S/C18H18N2O5/c1-12(21)19-14-7-9-15(10-8-14)20-16(22)11-25-18(24)17(23)13-5-3-2-4-6-13/h2-10,17,23H,11H2,1H3,(H,19,21)(H,20,22)/t17-/m1/s1. The molecule has 1 atom stereocenters. The molecule has 0 aliphatic rings. The molecule has 2 aromatic carbocycles. The SMILES string of the molecule is CC(=O)Nc1ccc(NC(=O)COC(=O)[C@H](O)c2ccccc2)cc1. The lowest BCUT2D eigenvalue weighted by Gasteiger charge is -2.11. The topological polar surface area (TPSA) is 105 Å². The number of benzene rings is 2. The number of aliphatic hydroxyl groups excluding tert-OH is 1. The molecule has 2 rings (SSSR count). The zero-order valence-electron chi connectivity index (χ0n) is 13.6. The number of hydrogen-bond acceptors (Lipinski definition) is 5. The lowest BCUT2D eigenvalue weighted by molar-refractivity contribution is -0.156. The van der Waals surface area contributed by atoms with Crippen molar-refractivity contribution in [3.05, 3.63) is 60.2 Å². The van der Waals surface area contributed by atoms with E-state index in [1.807, 2.05) is 0 Å². The molecule has 0 spiro atoms. The Balaban J connectivity index is 1.82. The van der Waals surface area contributed by atoms with Crippen LogP contribution in [0.25, 0.3) is 0 Å². The van der Waals surface area contributed by atoms with Gasteiger partial charge in [0.25, 0.3) is 5.91 Å². The molecular formula is C18H18N2O5. The summed E-state index contributed by atoms with van der Waals surface area (Å²) >= 11 is 0. The van der Waals surface area contributed by atoms with Crippen LogP contribution in [-0.4, -0.2) is 29.5 Å². The Bertz CT molecular complexity index is 744. The van der Waals surface area contributed by atoms with Gasteiger partial charge in [0.1, 0.15) is 0 Å². The molecule has 0 saturated heterocycles. The van der Waals surface area contributed by atoms with Gasteiger partial charge in [-0.15, -0.1) is 0 Å². The predicted octanol–water partition coefficient (Wildman–Crippen LogP) is 1.86. The molecule has 2 amide bonds. The van der Waals surface area contributed by atoms with Crippen LogP contribution in [0.1, 0.15) is 18.6 Å². The van der Waals surface area contributed by atoms with Crippen LogP contribution in [0.5, 0.6) is 0 Å². The summed E-state index contributed by atoms with van der Waals surface area (Å²) in [6.45, 7) is 0.879. The molecule has 0 saturated carbocycles. The first-order chi connectivity index (χ1) is 12.0. The van der Waals surface area contributed by atoms with Crippen molar-refractivity contribution in [3.63, 3.8) is 0 Å². The number of aliphatic hydroxyl groups is 1. The summed E-state index contributed by atoms with van der Waals surface area (Å²) in [5.41, 5.74) is 1.48. The first kappa shape index (κ1) is 18.2. The van der Waals surface area contributed by atoms with E-state index in [9.17, 15) is 19.5 Å². The quantitative estimate of drug-likeness (QED) is 0.695. The number of hydrogen-bond donors (Lipinski definition) is 3. The van der Waals surface area contributed by atoms with E-state index >= 15 is 0 Å². The highest BCUT2D eigenvalue weighted by Crippen LogP contribution is 2.15. The number of anilines is 2. The third-order valence-electron chi connectivity index (χ3n) is 3.17. The van der Waals surface area contributed by atoms with Gasteiger partial charge < -0.3 is 20.5 Å². The molecule has 7 heteroatoms. The number of carbonyl (C=O) groups excluding carboxylic acids is 3. The van der Waals surface area contributed by atoms with Crippen molar-refractivity contribution in [3.8, 4) is 0 Å². The molecule has 0 fully saturated rings. The Morgan fingerprint density at radius 1 is 0.960 bits per heavy atom. The maximum Gasteiger partial charge on any atom is 0.340 e. The van der Waals surface area contributed by atoms with E-state index < -0.39 is 24.6 Å². The van der Waals surface area contributed by atoms with Crippen molar-refractivity contribution in [2.75, 3.05) is 17.2 Å². The Morgan fingerprint density at radius 2 is 1.52 bits per heavy atom. The maximum absolute atomic E-state index is 11.8. The number of rotatable bonds is 6. The minimum atomic E-state index is -1.44. The number of esters is 1. The van der Waals surface area contributed by atoms with Crippen LogP contribution in [0.4, 0.5) is 11.4 Å². The third kappa shape index (κ3) is 5.74. The normalized spacial score (nSPS) is 11.3. The molecule has 0 aliphatic heterocycles. The van der Waals surface area contributed by atoms with Gasteiger partial charge in [-0.05, 0) is 29.8 Å². The van der Waals surface area contributed by atoms with Gasteiger partial charge in [0.05, 0.1) is 0 Å². The fourth-order valence-corrected chi connectivity index (χ4v) is 2.02. The fraction of sp³-hybridized carbons (Fsp3) is 0.167. The zero-order valence-corrected chi connectivity index (χ0v) is 13.6. The molecule has 0 aromatic heterocycles. The summed E-state index contributed by atoms with van der Waals surface area (Å²) in [4.78, 5) is 34.5. The molecule has 0 aliphatic carbocycles. The van der Waals surface area contributed by atoms with Gasteiger partial charge in [-0.25, -0.2) is 4.79 Å². The molecule has 130 valence electrons. The van der Waals surface area contributed by atoms with Crippen LogP contribution in [-0.2, 0) is 19.1 Å². The number of ether oxygens (including phenoxy) is 1. The summed E-state index contributed by atoms with van der Waals surface area (Å²) < 4.78 is 4.81. The third-order valence-corrected chi connectivity index (χ3v) is 3.17. The second-order valence-electron chi connectivity index (χ2n) is 5.23. The summed E-state index contributed by atoms with van der Waals surface area (Å²) in [7, 11) is 0. The van der Waals surface area contributed by atoms with Gasteiger partial charge in [-0.1, -0.05) is 30.3 Å². The van der Waals surface area contributed by atoms with E-state index in [2.05, 4.69) is 10.6 Å². The van der Waals surface area contributed by atoms with Gasteiger partial charge in [0.15, 0.2) is 12.7 Å². The Morgan fingerprint density at radius 3 is 2.08 bits per heavy atom. The Labute approximate surface area is 144 Å². The highest BCUT2D eigenvalue weighted by atomic mass is 16.5. The van der Waals surface area contributed by atoms with Crippen molar-refractivity contribution in [1.29, 1.82) is 0 Å². The van der Waals surface area contributed by atoms with Crippen molar-refractivity contribution in [2.24, 2.45) is 0 Å². The lowest BCUT2D eigenvalue weighted by atomic mass is 10.1. The molecule has 2 aromatic rings.